The minimum atomic E-state index is -5.08. The molecule has 0 spiro atoms. The highest BCUT2D eigenvalue weighted by molar-refractivity contribution is 5.76. The Labute approximate surface area is 211 Å². The van der Waals surface area contributed by atoms with Gasteiger partial charge in [0, 0.05) is 56.2 Å². The number of ether oxygens (including phenoxy) is 1. The monoisotopic (exact) mass is 514 g/mol. The molecule has 37 heavy (non-hydrogen) atoms. The molecule has 2 aromatic heterocycles. The third-order valence-corrected chi connectivity index (χ3v) is 6.01. The van der Waals surface area contributed by atoms with Crippen LogP contribution in [0, 0.1) is 11.3 Å². The fraction of sp³-hybridized carbons (Fsp3) is 0.320. The minimum Gasteiger partial charge on any atom is -0.490 e. The van der Waals surface area contributed by atoms with Crippen LogP contribution in [0.1, 0.15) is 5.56 Å². The molecule has 9 nitrogen and oxygen atoms in total. The number of hydrogen-bond acceptors (Lipinski definition) is 7. The number of fused-ring (bicyclic) bond motifs is 1. The number of halogens is 3. The van der Waals surface area contributed by atoms with Gasteiger partial charge >= 0.3 is 12.1 Å². The smallest absolute Gasteiger partial charge is 0.490 e. The maximum atomic E-state index is 10.6. The highest BCUT2D eigenvalue weighted by Crippen LogP contribution is 2.35. The number of aliphatic carboxylic acids is 1. The predicted octanol–water partition coefficient (Wildman–Crippen LogP) is 3.49. The van der Waals surface area contributed by atoms with E-state index in [4.69, 9.17) is 14.6 Å². The summed E-state index contributed by atoms with van der Waals surface area (Å²) in [5, 5.41) is 20.1. The van der Waals surface area contributed by atoms with Gasteiger partial charge in [-0.05, 0) is 36.4 Å². The Morgan fingerprint density at radius 1 is 1.14 bits per heavy atom. The average Bonchev–Trinajstić information content (AvgIpc) is 3.34. The first-order chi connectivity index (χ1) is 17.7. The third-order valence-electron chi connectivity index (χ3n) is 6.01. The molecule has 5 rings (SSSR count). The predicted molar refractivity (Wildman–Crippen MR) is 132 cm³/mol. The lowest BCUT2D eigenvalue weighted by molar-refractivity contribution is -0.192. The topological polar surface area (TPSA) is 118 Å². The van der Waals surface area contributed by atoms with Crippen LogP contribution in [0.5, 0.6) is 5.75 Å². The Hall–Kier alpha value is -4.24. The first kappa shape index (κ1) is 25.8. The van der Waals surface area contributed by atoms with E-state index in [1.54, 1.807) is 0 Å². The molecule has 2 aliphatic rings. The number of likely N-dealkylation sites (N-methyl/N-ethyl adjacent to an activating group) is 1. The molecule has 194 valence electrons. The number of aromatic nitrogens is 2. The molecule has 1 aromatic carbocycles. The Balaban J connectivity index is 0.000000405. The number of rotatable bonds is 3. The fourth-order valence-corrected chi connectivity index (χ4v) is 4.09. The van der Waals surface area contributed by atoms with Crippen molar-refractivity contribution in [2.75, 3.05) is 56.2 Å². The number of nitrogens with one attached hydrogen (secondary N) is 2. The van der Waals surface area contributed by atoms with Crippen LogP contribution in [-0.2, 0) is 4.79 Å². The number of pyridine rings is 1. The number of carboxylic acid groups (broad SMARTS) is 1. The summed E-state index contributed by atoms with van der Waals surface area (Å²) in [5.41, 5.74) is 5.65. The molecule has 0 atom stereocenters. The molecular weight excluding hydrogens is 489 g/mol. The molecule has 0 amide bonds. The van der Waals surface area contributed by atoms with E-state index in [9.17, 15) is 18.4 Å². The Morgan fingerprint density at radius 2 is 1.86 bits per heavy atom. The first-order valence-corrected chi connectivity index (χ1v) is 11.5. The molecule has 3 aromatic rings. The summed E-state index contributed by atoms with van der Waals surface area (Å²) in [4.78, 5) is 21.4. The molecule has 1 saturated heterocycles. The second-order valence-corrected chi connectivity index (χ2v) is 8.48. The number of anilines is 2. The summed E-state index contributed by atoms with van der Waals surface area (Å²) in [5.74, 6) is -0.945. The molecule has 0 aliphatic carbocycles. The van der Waals surface area contributed by atoms with E-state index >= 15 is 0 Å². The van der Waals surface area contributed by atoms with E-state index in [1.165, 1.54) is 0 Å². The van der Waals surface area contributed by atoms with Crippen LogP contribution in [0.15, 0.2) is 42.6 Å². The van der Waals surface area contributed by atoms with Gasteiger partial charge in [-0.1, -0.05) is 0 Å². The van der Waals surface area contributed by atoms with Crippen molar-refractivity contribution in [3.63, 3.8) is 0 Å². The normalized spacial score (nSPS) is 15.1. The zero-order valence-corrected chi connectivity index (χ0v) is 20.0. The van der Waals surface area contributed by atoms with Crippen LogP contribution in [0.4, 0.5) is 24.7 Å². The third kappa shape index (κ3) is 5.95. The van der Waals surface area contributed by atoms with Crippen molar-refractivity contribution in [1.82, 2.24) is 15.3 Å². The SMILES string of the molecule is CN1CCOc2ccc(-c3cc(-c4cc(C#N)c(N5CCNCC5)[nH]4)ccn3)cc21.O=C(O)C(F)(F)F. The summed E-state index contributed by atoms with van der Waals surface area (Å²) >= 11 is 0. The van der Waals surface area contributed by atoms with Crippen LogP contribution < -0.4 is 19.9 Å². The molecule has 1 fully saturated rings. The van der Waals surface area contributed by atoms with Crippen LogP contribution in [-0.4, -0.2) is 73.6 Å². The Bertz CT molecular complexity index is 1310. The summed E-state index contributed by atoms with van der Waals surface area (Å²) in [7, 11) is 2.08. The standard InChI is InChI=1S/C23H24N6O.C2HF3O2/c1-28-10-11-30-22-3-2-16(14-21(22)28)19-12-17(4-5-26-19)20-13-18(15-24)23(27-20)29-8-6-25-7-9-29;3-2(4,5)1(6)7/h2-5,12-14,25,27H,6-11H2,1H3;(H,6,7). The summed E-state index contributed by atoms with van der Waals surface area (Å²) < 4.78 is 37.5. The van der Waals surface area contributed by atoms with E-state index in [0.29, 0.717) is 12.2 Å². The fourth-order valence-electron chi connectivity index (χ4n) is 4.09. The highest BCUT2D eigenvalue weighted by atomic mass is 19.4. The van der Waals surface area contributed by atoms with Gasteiger partial charge in [-0.15, -0.1) is 0 Å². The van der Waals surface area contributed by atoms with Crippen molar-refractivity contribution in [2.24, 2.45) is 0 Å². The Kier molecular flexibility index (Phi) is 7.54. The molecule has 0 bridgehead atoms. The van der Waals surface area contributed by atoms with Crippen LogP contribution in [0.2, 0.25) is 0 Å². The number of alkyl halides is 3. The van der Waals surface area contributed by atoms with Gasteiger partial charge in [0.25, 0.3) is 0 Å². The van der Waals surface area contributed by atoms with Crippen molar-refractivity contribution >= 4 is 17.5 Å². The average molecular weight is 515 g/mol. The largest absolute Gasteiger partial charge is 0.490 e. The molecule has 0 radical (unpaired) electrons. The number of H-pyrrole nitrogens is 1. The molecule has 4 heterocycles. The van der Waals surface area contributed by atoms with Crippen molar-refractivity contribution in [3.8, 4) is 34.3 Å². The maximum Gasteiger partial charge on any atom is 0.490 e. The van der Waals surface area contributed by atoms with Crippen LogP contribution >= 0.6 is 0 Å². The van der Waals surface area contributed by atoms with Crippen molar-refractivity contribution in [3.05, 3.63) is 48.2 Å². The van der Waals surface area contributed by atoms with E-state index in [0.717, 1.165) is 72.5 Å². The van der Waals surface area contributed by atoms with Gasteiger partial charge in [0.15, 0.2) is 0 Å². The van der Waals surface area contributed by atoms with E-state index in [1.807, 2.05) is 30.5 Å². The number of piperazine rings is 1. The molecule has 12 heteroatoms. The number of nitriles is 1. The maximum absolute atomic E-state index is 10.6. The van der Waals surface area contributed by atoms with Gasteiger partial charge in [0.05, 0.1) is 23.5 Å². The Morgan fingerprint density at radius 3 is 2.54 bits per heavy atom. The summed E-state index contributed by atoms with van der Waals surface area (Å²) in [6.45, 7) is 5.21. The molecule has 2 aliphatic heterocycles. The molecule has 3 N–H and O–H groups in total. The number of hydrogen-bond donors (Lipinski definition) is 3. The molecular formula is C25H25F3N6O3. The van der Waals surface area contributed by atoms with E-state index in [2.05, 4.69) is 50.3 Å². The highest BCUT2D eigenvalue weighted by Gasteiger charge is 2.38. The first-order valence-electron chi connectivity index (χ1n) is 11.5. The number of carboxylic acids is 1. The second kappa shape index (κ2) is 10.8. The molecule has 0 saturated carbocycles. The zero-order valence-electron chi connectivity index (χ0n) is 20.0. The van der Waals surface area contributed by atoms with Crippen LogP contribution in [0.3, 0.4) is 0 Å². The summed E-state index contributed by atoms with van der Waals surface area (Å²) in [6.07, 6.45) is -3.26. The van der Waals surface area contributed by atoms with E-state index < -0.39 is 12.1 Å². The van der Waals surface area contributed by atoms with Crippen molar-refractivity contribution in [2.45, 2.75) is 6.18 Å². The lowest BCUT2D eigenvalue weighted by atomic mass is 10.1. The van der Waals surface area contributed by atoms with Gasteiger partial charge in [-0.25, -0.2) is 4.79 Å². The lowest BCUT2D eigenvalue weighted by Crippen LogP contribution is -2.44. The van der Waals surface area contributed by atoms with Gasteiger partial charge in [0.2, 0.25) is 0 Å². The van der Waals surface area contributed by atoms with Gasteiger partial charge in [0.1, 0.15) is 24.2 Å². The quantitative estimate of drug-likeness (QED) is 0.486. The lowest BCUT2D eigenvalue weighted by Gasteiger charge is -2.28. The summed E-state index contributed by atoms with van der Waals surface area (Å²) in [6, 6.07) is 14.5. The zero-order chi connectivity index (χ0) is 26.6. The second-order valence-electron chi connectivity index (χ2n) is 8.48. The van der Waals surface area contributed by atoms with Gasteiger partial charge < -0.3 is 29.9 Å². The number of nitrogens with zero attached hydrogens (tertiary/aromatic N) is 4. The van der Waals surface area contributed by atoms with Gasteiger partial charge in [-0.3, -0.25) is 4.98 Å². The van der Waals surface area contributed by atoms with E-state index in [-0.39, 0.29) is 0 Å². The number of benzene rings is 1. The minimum absolute atomic E-state index is 0.679. The van der Waals surface area contributed by atoms with Crippen LogP contribution in [0.25, 0.3) is 22.5 Å². The van der Waals surface area contributed by atoms with Crippen molar-refractivity contribution in [1.29, 1.82) is 5.26 Å². The molecule has 0 unspecified atom stereocenters. The number of carbonyl (C=O) groups is 1. The van der Waals surface area contributed by atoms with Crippen molar-refractivity contribution < 1.29 is 27.8 Å². The number of aromatic amines is 1. The van der Waals surface area contributed by atoms with Gasteiger partial charge in [-0.2, -0.15) is 18.4 Å².